The summed E-state index contributed by atoms with van der Waals surface area (Å²) in [5.41, 5.74) is 5.02. The zero-order valence-electron chi connectivity index (χ0n) is 13.5. The lowest BCUT2D eigenvalue weighted by atomic mass is 9.82. The number of rotatable bonds is 2. The van der Waals surface area contributed by atoms with Gasteiger partial charge in [-0.25, -0.2) is 0 Å². The third-order valence-electron chi connectivity index (χ3n) is 4.88. The highest BCUT2D eigenvalue weighted by atomic mass is 16.1. The molecule has 1 fully saturated rings. The van der Waals surface area contributed by atoms with Gasteiger partial charge in [-0.05, 0) is 20.8 Å². The zero-order valence-corrected chi connectivity index (χ0v) is 13.5. The van der Waals surface area contributed by atoms with Gasteiger partial charge >= 0.3 is 0 Å². The second-order valence-electron chi connectivity index (χ2n) is 6.61. The first-order valence-electron chi connectivity index (χ1n) is 8.05. The van der Waals surface area contributed by atoms with E-state index in [4.69, 9.17) is 0 Å². The first kappa shape index (κ1) is 15.0. The zero-order chi connectivity index (χ0) is 15.7. The quantitative estimate of drug-likeness (QED) is 0.906. The molecule has 1 aliphatic rings. The molecule has 2 nitrogen and oxygen atoms in total. The minimum Gasteiger partial charge on any atom is -0.333 e. The highest BCUT2D eigenvalue weighted by Crippen LogP contribution is 2.29. The molecule has 0 saturated carbocycles. The molecule has 22 heavy (non-hydrogen) atoms. The number of carbonyl (C=O) groups is 1. The summed E-state index contributed by atoms with van der Waals surface area (Å²) < 4.78 is 0. The topological polar surface area (TPSA) is 33.7 Å². The van der Waals surface area contributed by atoms with Crippen LogP contribution in [0.2, 0.25) is 0 Å². The first-order valence-corrected chi connectivity index (χ1v) is 8.05. The van der Waals surface area contributed by atoms with Crippen LogP contribution in [-0.2, 0) is 4.79 Å². The van der Waals surface area contributed by atoms with Crippen molar-refractivity contribution in [2.75, 3.05) is 0 Å². The summed E-state index contributed by atoms with van der Waals surface area (Å²) in [4.78, 5) is 12.5. The fourth-order valence-corrected chi connectivity index (χ4v) is 3.32. The maximum Gasteiger partial charge on any atom is 0.148 e. The Morgan fingerprint density at radius 3 is 1.91 bits per heavy atom. The van der Waals surface area contributed by atoms with Gasteiger partial charge in [0.25, 0.3) is 0 Å². The molecule has 114 valence electrons. The summed E-state index contributed by atoms with van der Waals surface area (Å²) in [5, 5.41) is 2.38. The van der Waals surface area contributed by atoms with Crippen LogP contribution in [0.5, 0.6) is 0 Å². The Morgan fingerprint density at radius 2 is 1.36 bits per heavy atom. The van der Waals surface area contributed by atoms with Crippen LogP contribution in [0.15, 0.2) is 48.5 Å². The second-order valence-corrected chi connectivity index (χ2v) is 6.61. The summed E-state index contributed by atoms with van der Waals surface area (Å²) in [7, 11) is 0. The minimum absolute atomic E-state index is 0.0735. The Morgan fingerprint density at radius 1 is 0.864 bits per heavy atom. The highest BCUT2D eigenvalue weighted by Gasteiger charge is 2.38. The first-order chi connectivity index (χ1) is 10.5. The Hall–Kier alpha value is -1.93. The van der Waals surface area contributed by atoms with Crippen LogP contribution in [0.4, 0.5) is 0 Å². The number of piperidine rings is 1. The van der Waals surface area contributed by atoms with E-state index in [1.165, 1.54) is 22.3 Å². The number of benzene rings is 2. The van der Waals surface area contributed by atoms with Gasteiger partial charge in [0.05, 0.1) is 12.3 Å². The molecule has 0 radical (unpaired) electrons. The van der Waals surface area contributed by atoms with Crippen LogP contribution in [0.3, 0.4) is 0 Å². The van der Waals surface area contributed by atoms with Crippen molar-refractivity contribution >= 4 is 5.78 Å². The van der Waals surface area contributed by atoms with Gasteiger partial charge in [-0.3, -0.25) is 4.79 Å². The van der Waals surface area contributed by atoms with Crippen LogP contribution < -0.4 is 5.32 Å². The summed E-state index contributed by atoms with van der Waals surface area (Å²) in [6.45, 7) is 6.25. The number of hydrogen-bond donors (Lipinski definition) is 1. The number of carbonyl (C=O) groups excluding carboxylic acids is 1. The molecule has 2 N–H and O–H groups in total. The van der Waals surface area contributed by atoms with Crippen LogP contribution in [0, 0.1) is 19.8 Å². The van der Waals surface area contributed by atoms with Gasteiger partial charge in [-0.2, -0.15) is 0 Å². The van der Waals surface area contributed by atoms with Gasteiger partial charge in [-0.15, -0.1) is 0 Å². The molecule has 2 heteroatoms. The van der Waals surface area contributed by atoms with Crippen molar-refractivity contribution < 1.29 is 10.1 Å². The lowest BCUT2D eigenvalue weighted by molar-refractivity contribution is -0.742. The molecule has 0 aromatic heterocycles. The molecule has 3 atom stereocenters. The SMILES string of the molecule is Cc1ccc([C@@H]2CC(=O)[C@H](C)[C@H](c3ccc(C)cc3)[NH2+]2)cc1. The van der Waals surface area contributed by atoms with E-state index in [0.29, 0.717) is 12.2 Å². The fourth-order valence-electron chi connectivity index (χ4n) is 3.32. The molecule has 0 spiro atoms. The molecule has 1 saturated heterocycles. The van der Waals surface area contributed by atoms with Crippen molar-refractivity contribution in [2.45, 2.75) is 39.3 Å². The summed E-state index contributed by atoms with van der Waals surface area (Å²) in [6.07, 6.45) is 0.632. The number of nitrogens with two attached hydrogens (primary N) is 1. The molecule has 0 unspecified atom stereocenters. The number of hydrogen-bond acceptors (Lipinski definition) is 1. The Bertz CT molecular complexity index is 657. The van der Waals surface area contributed by atoms with Gasteiger partial charge in [0.15, 0.2) is 0 Å². The molecule has 1 aliphatic heterocycles. The van der Waals surface area contributed by atoms with Crippen molar-refractivity contribution in [3.8, 4) is 0 Å². The fraction of sp³-hybridized carbons (Fsp3) is 0.350. The Kier molecular flexibility index (Phi) is 4.12. The van der Waals surface area contributed by atoms with Crippen LogP contribution in [0.1, 0.15) is 47.7 Å². The van der Waals surface area contributed by atoms with E-state index in [9.17, 15) is 4.79 Å². The summed E-state index contributed by atoms with van der Waals surface area (Å²) >= 11 is 0. The third kappa shape index (κ3) is 2.97. The molecule has 0 aliphatic carbocycles. The van der Waals surface area contributed by atoms with Crippen molar-refractivity contribution in [2.24, 2.45) is 5.92 Å². The molecular formula is C20H24NO+. The lowest BCUT2D eigenvalue weighted by Crippen LogP contribution is -2.90. The van der Waals surface area contributed by atoms with E-state index in [1.807, 2.05) is 0 Å². The van der Waals surface area contributed by atoms with Crippen molar-refractivity contribution in [3.63, 3.8) is 0 Å². The lowest BCUT2D eigenvalue weighted by Gasteiger charge is -2.32. The molecule has 0 bridgehead atoms. The molecule has 0 amide bonds. The molecule has 3 rings (SSSR count). The number of aryl methyl sites for hydroxylation is 2. The normalized spacial score (nSPS) is 25.2. The van der Waals surface area contributed by atoms with Crippen LogP contribution >= 0.6 is 0 Å². The van der Waals surface area contributed by atoms with Crippen molar-refractivity contribution in [1.29, 1.82) is 0 Å². The van der Waals surface area contributed by atoms with Gasteiger partial charge in [0.1, 0.15) is 17.9 Å². The predicted octanol–water partition coefficient (Wildman–Crippen LogP) is 3.26. The molecular weight excluding hydrogens is 270 g/mol. The molecule has 2 aromatic carbocycles. The highest BCUT2D eigenvalue weighted by molar-refractivity contribution is 5.82. The monoisotopic (exact) mass is 294 g/mol. The predicted molar refractivity (Wildman–Crippen MR) is 88.6 cm³/mol. The van der Waals surface area contributed by atoms with Crippen LogP contribution in [0.25, 0.3) is 0 Å². The van der Waals surface area contributed by atoms with Crippen molar-refractivity contribution in [3.05, 3.63) is 70.8 Å². The van der Waals surface area contributed by atoms with Gasteiger partial charge in [0, 0.05) is 11.1 Å². The number of quaternary nitrogens is 1. The second kappa shape index (κ2) is 6.05. The van der Waals surface area contributed by atoms with E-state index in [0.717, 1.165) is 0 Å². The number of Topliss-reactive ketones (excluding diaryl/α,β-unsaturated/α-hetero) is 1. The number of ketones is 1. The van der Waals surface area contributed by atoms with Crippen molar-refractivity contribution in [1.82, 2.24) is 0 Å². The maximum atomic E-state index is 12.5. The summed E-state index contributed by atoms with van der Waals surface area (Å²) in [5.74, 6) is 0.447. The molecule has 2 aromatic rings. The standard InChI is InChI=1S/C20H23NO/c1-13-4-8-16(9-5-13)18-12-19(22)15(3)20(21-18)17-10-6-14(2)7-11-17/h4-11,15,18,20-21H,12H2,1-3H3/p+1/t15-,18-,20+/m0/s1. The van der Waals surface area contributed by atoms with E-state index in [-0.39, 0.29) is 18.0 Å². The minimum atomic E-state index is 0.0735. The third-order valence-corrected chi connectivity index (χ3v) is 4.88. The van der Waals surface area contributed by atoms with E-state index < -0.39 is 0 Å². The average Bonchev–Trinajstić information content (AvgIpc) is 2.52. The Labute approximate surface area is 132 Å². The van der Waals surface area contributed by atoms with E-state index in [2.05, 4.69) is 74.6 Å². The Balaban J connectivity index is 1.88. The maximum absolute atomic E-state index is 12.5. The van der Waals surface area contributed by atoms with Gasteiger partial charge in [-0.1, -0.05) is 59.7 Å². The smallest absolute Gasteiger partial charge is 0.148 e. The van der Waals surface area contributed by atoms with Crippen LogP contribution in [-0.4, -0.2) is 5.78 Å². The summed E-state index contributed by atoms with van der Waals surface area (Å²) in [6, 6.07) is 17.6. The largest absolute Gasteiger partial charge is 0.333 e. The molecule has 1 heterocycles. The van der Waals surface area contributed by atoms with E-state index >= 15 is 0 Å². The van der Waals surface area contributed by atoms with Gasteiger partial charge in [0.2, 0.25) is 0 Å². The van der Waals surface area contributed by atoms with Gasteiger partial charge < -0.3 is 5.32 Å². The average molecular weight is 294 g/mol. The van der Waals surface area contributed by atoms with E-state index in [1.54, 1.807) is 0 Å².